The van der Waals surface area contributed by atoms with E-state index in [0.717, 1.165) is 29.7 Å². The molecule has 2 aromatic carbocycles. The monoisotopic (exact) mass is 327 g/mol. The van der Waals surface area contributed by atoms with Crippen molar-refractivity contribution in [2.45, 2.75) is 23.5 Å². The summed E-state index contributed by atoms with van der Waals surface area (Å²) in [6, 6.07) is 17.1. The lowest BCUT2D eigenvalue weighted by molar-refractivity contribution is 0.582. The minimum Gasteiger partial charge on any atom is -0.315 e. The minimum atomic E-state index is -3.38. The van der Waals surface area contributed by atoms with E-state index >= 15 is 0 Å². The average molecular weight is 327 g/mol. The van der Waals surface area contributed by atoms with E-state index in [1.165, 1.54) is 0 Å². The lowest BCUT2D eigenvalue weighted by Gasteiger charge is -2.14. The Bertz CT molecular complexity index is 793. The number of hydrogen-bond donors (Lipinski definition) is 1. The van der Waals surface area contributed by atoms with Crippen LogP contribution in [0.2, 0.25) is 0 Å². The highest BCUT2D eigenvalue weighted by molar-refractivity contribution is 7.92. The average Bonchev–Trinajstić information content (AvgIpc) is 2.83. The lowest BCUT2D eigenvalue weighted by atomic mass is 10.0. The van der Waals surface area contributed by atoms with Crippen LogP contribution in [0.5, 0.6) is 0 Å². The molecule has 23 heavy (non-hydrogen) atoms. The molecule has 1 N–H and O–H groups in total. The molecule has 2 aromatic rings. The first-order chi connectivity index (χ1) is 11.1. The first-order valence-corrected chi connectivity index (χ1v) is 9.39. The minimum absolute atomic E-state index is 0.389. The van der Waals surface area contributed by atoms with Gasteiger partial charge in [-0.05, 0) is 43.2 Å². The van der Waals surface area contributed by atoms with Crippen molar-refractivity contribution in [1.82, 2.24) is 5.32 Å². The fourth-order valence-electron chi connectivity index (χ4n) is 2.83. The van der Waals surface area contributed by atoms with Gasteiger partial charge in [-0.15, -0.1) is 0 Å². The summed E-state index contributed by atoms with van der Waals surface area (Å²) in [5.41, 5.74) is 3.25. The molecule has 1 aliphatic heterocycles. The molecule has 0 amide bonds. The van der Waals surface area contributed by atoms with E-state index in [4.69, 9.17) is 0 Å². The Morgan fingerprint density at radius 2 is 1.70 bits per heavy atom. The van der Waals surface area contributed by atoms with Gasteiger partial charge in [-0.3, -0.25) is 0 Å². The van der Waals surface area contributed by atoms with E-state index in [9.17, 15) is 8.42 Å². The quantitative estimate of drug-likeness (QED) is 0.941. The van der Waals surface area contributed by atoms with Crippen LogP contribution in [0.25, 0.3) is 5.57 Å². The van der Waals surface area contributed by atoms with E-state index < -0.39 is 15.1 Å². The van der Waals surface area contributed by atoms with Crippen molar-refractivity contribution in [3.63, 3.8) is 0 Å². The van der Waals surface area contributed by atoms with E-state index in [1.807, 2.05) is 55.5 Å². The number of rotatable bonds is 3. The molecular weight excluding hydrogens is 306 g/mol. The van der Waals surface area contributed by atoms with Crippen molar-refractivity contribution in [3.8, 4) is 0 Å². The summed E-state index contributed by atoms with van der Waals surface area (Å²) >= 11 is 0. The Labute approximate surface area is 138 Å². The third-order valence-corrected chi connectivity index (χ3v) is 6.23. The fraction of sp³-hybridized carbons (Fsp3) is 0.263. The third-order valence-electron chi connectivity index (χ3n) is 4.20. The van der Waals surface area contributed by atoms with Crippen LogP contribution in [0.1, 0.15) is 17.5 Å². The van der Waals surface area contributed by atoms with Crippen molar-refractivity contribution in [2.75, 3.05) is 13.1 Å². The van der Waals surface area contributed by atoms with Crippen LogP contribution in [0.4, 0.5) is 0 Å². The van der Waals surface area contributed by atoms with Crippen LogP contribution < -0.4 is 5.32 Å². The maximum absolute atomic E-state index is 12.9. The van der Waals surface area contributed by atoms with Crippen molar-refractivity contribution in [3.05, 3.63) is 71.8 Å². The van der Waals surface area contributed by atoms with Crippen LogP contribution in [0.15, 0.2) is 65.6 Å². The fourth-order valence-corrected chi connectivity index (χ4v) is 4.37. The largest absolute Gasteiger partial charge is 0.315 e. The molecule has 3 rings (SSSR count). The molecule has 1 atom stereocenters. The molecule has 1 heterocycles. The molecule has 0 saturated carbocycles. The van der Waals surface area contributed by atoms with E-state index in [1.54, 1.807) is 12.1 Å². The normalized spacial score (nSPS) is 19.0. The van der Waals surface area contributed by atoms with Gasteiger partial charge in [0.25, 0.3) is 0 Å². The second kappa shape index (κ2) is 6.69. The molecule has 3 nitrogen and oxygen atoms in total. The van der Waals surface area contributed by atoms with Crippen LogP contribution in [0, 0.1) is 6.92 Å². The summed E-state index contributed by atoms with van der Waals surface area (Å²) in [4.78, 5) is 0.389. The van der Waals surface area contributed by atoms with Crippen molar-refractivity contribution in [2.24, 2.45) is 0 Å². The van der Waals surface area contributed by atoms with Gasteiger partial charge in [0.05, 0.1) is 10.1 Å². The summed E-state index contributed by atoms with van der Waals surface area (Å²) in [6.07, 6.45) is 2.76. The second-order valence-electron chi connectivity index (χ2n) is 5.91. The van der Waals surface area contributed by atoms with Crippen molar-refractivity contribution in [1.29, 1.82) is 0 Å². The van der Waals surface area contributed by atoms with Crippen LogP contribution in [-0.2, 0) is 9.84 Å². The second-order valence-corrected chi connectivity index (χ2v) is 8.08. The van der Waals surface area contributed by atoms with Gasteiger partial charge < -0.3 is 5.32 Å². The van der Waals surface area contributed by atoms with Crippen LogP contribution in [-0.4, -0.2) is 26.8 Å². The standard InChI is InChI=1S/C19H21NO2S/c1-15-7-9-18(10-8-15)23(21,22)19-13-17(11-12-20-14-19)16-5-3-2-4-6-16/h2-10,13,19-20H,11-12,14H2,1H3/t19-/m0/s1. The molecule has 0 bridgehead atoms. The lowest BCUT2D eigenvalue weighted by Crippen LogP contribution is -2.31. The first-order valence-electron chi connectivity index (χ1n) is 7.85. The van der Waals surface area contributed by atoms with Gasteiger partial charge in [0.15, 0.2) is 9.84 Å². The smallest absolute Gasteiger partial charge is 0.186 e. The molecule has 4 heteroatoms. The van der Waals surface area contributed by atoms with Crippen molar-refractivity contribution >= 4 is 15.4 Å². The van der Waals surface area contributed by atoms with Crippen molar-refractivity contribution < 1.29 is 8.42 Å². The Hall–Kier alpha value is -1.91. The molecule has 0 spiro atoms. The van der Waals surface area contributed by atoms with E-state index in [-0.39, 0.29) is 0 Å². The van der Waals surface area contributed by atoms with Gasteiger partial charge in [-0.25, -0.2) is 8.42 Å². The van der Waals surface area contributed by atoms with Crippen LogP contribution >= 0.6 is 0 Å². The summed E-state index contributed by atoms with van der Waals surface area (Å²) in [7, 11) is -3.38. The molecule has 1 aliphatic rings. The number of benzene rings is 2. The van der Waals surface area contributed by atoms with Gasteiger partial charge in [0, 0.05) is 6.54 Å². The number of nitrogens with one attached hydrogen (secondary N) is 1. The molecule has 0 aliphatic carbocycles. The Kier molecular flexibility index (Phi) is 4.64. The highest BCUT2D eigenvalue weighted by atomic mass is 32.2. The molecule has 0 radical (unpaired) electrons. The number of hydrogen-bond acceptors (Lipinski definition) is 3. The molecule has 0 saturated heterocycles. The molecule has 0 aromatic heterocycles. The number of sulfone groups is 1. The number of aryl methyl sites for hydroxylation is 1. The highest BCUT2D eigenvalue weighted by Crippen LogP contribution is 2.25. The highest BCUT2D eigenvalue weighted by Gasteiger charge is 2.27. The van der Waals surface area contributed by atoms with Gasteiger partial charge in [-0.1, -0.05) is 54.1 Å². The van der Waals surface area contributed by atoms with Gasteiger partial charge in [0.1, 0.15) is 0 Å². The summed E-state index contributed by atoms with van der Waals surface area (Å²) in [5.74, 6) is 0. The summed E-state index contributed by atoms with van der Waals surface area (Å²) in [5, 5.41) is 2.71. The topological polar surface area (TPSA) is 46.2 Å². The third kappa shape index (κ3) is 3.54. The van der Waals surface area contributed by atoms with E-state index in [2.05, 4.69) is 5.32 Å². The molecule has 120 valence electrons. The zero-order valence-electron chi connectivity index (χ0n) is 13.2. The SMILES string of the molecule is Cc1ccc(S(=O)(=O)[C@H]2C=C(c3ccccc3)CCNC2)cc1. The zero-order valence-corrected chi connectivity index (χ0v) is 14.0. The predicted molar refractivity (Wildman–Crippen MR) is 94.1 cm³/mol. The Morgan fingerprint density at radius 1 is 1.00 bits per heavy atom. The van der Waals surface area contributed by atoms with Gasteiger partial charge in [-0.2, -0.15) is 0 Å². The molecule has 0 fully saturated rings. The Balaban J connectivity index is 1.98. The van der Waals surface area contributed by atoms with Crippen LogP contribution in [0.3, 0.4) is 0 Å². The predicted octanol–water partition coefficient (Wildman–Crippen LogP) is 3.21. The molecule has 0 unspecified atom stereocenters. The maximum atomic E-state index is 12.9. The van der Waals surface area contributed by atoms with E-state index in [0.29, 0.717) is 11.4 Å². The summed E-state index contributed by atoms with van der Waals surface area (Å²) in [6.45, 7) is 3.20. The van der Waals surface area contributed by atoms with Gasteiger partial charge in [0.2, 0.25) is 0 Å². The maximum Gasteiger partial charge on any atom is 0.186 e. The first kappa shape index (κ1) is 16.0. The molecular formula is C19H21NO2S. The zero-order chi connectivity index (χ0) is 16.3. The Morgan fingerprint density at radius 3 is 2.39 bits per heavy atom. The van der Waals surface area contributed by atoms with Gasteiger partial charge >= 0.3 is 0 Å². The summed E-state index contributed by atoms with van der Waals surface area (Å²) < 4.78 is 25.9.